The molecule has 3 nitrogen and oxygen atoms in total. The second-order valence-corrected chi connectivity index (χ2v) is 3.55. The van der Waals surface area contributed by atoms with Gasteiger partial charge in [-0.1, -0.05) is 0 Å². The van der Waals surface area contributed by atoms with E-state index < -0.39 is 0 Å². The Labute approximate surface area is 89.4 Å². The maximum Gasteiger partial charge on any atom is 0.120 e. The first kappa shape index (κ1) is 10.1. The SMILES string of the molecule is CCOc1ccc2c(c1)cc(CN)n2C. The lowest BCUT2D eigenvalue weighted by Crippen LogP contribution is -2.02. The van der Waals surface area contributed by atoms with E-state index in [9.17, 15) is 0 Å². The van der Waals surface area contributed by atoms with Gasteiger partial charge in [-0.2, -0.15) is 0 Å². The highest BCUT2D eigenvalue weighted by atomic mass is 16.5. The minimum atomic E-state index is 0.565. The largest absolute Gasteiger partial charge is 0.494 e. The fraction of sp³-hybridized carbons (Fsp3) is 0.333. The highest BCUT2D eigenvalue weighted by Gasteiger charge is 2.04. The Morgan fingerprint density at radius 3 is 2.80 bits per heavy atom. The third-order valence-electron chi connectivity index (χ3n) is 2.63. The van der Waals surface area contributed by atoms with Crippen molar-refractivity contribution < 1.29 is 4.74 Å². The zero-order valence-electron chi connectivity index (χ0n) is 9.16. The Bertz CT molecular complexity index is 474. The summed E-state index contributed by atoms with van der Waals surface area (Å²) < 4.78 is 7.57. The zero-order valence-corrected chi connectivity index (χ0v) is 9.16. The third kappa shape index (κ3) is 1.70. The Morgan fingerprint density at radius 2 is 2.13 bits per heavy atom. The molecule has 0 saturated heterocycles. The van der Waals surface area contributed by atoms with Crippen LogP contribution < -0.4 is 10.5 Å². The number of hydrogen-bond donors (Lipinski definition) is 1. The number of aryl methyl sites for hydroxylation is 1. The van der Waals surface area contributed by atoms with Crippen molar-refractivity contribution in [3.05, 3.63) is 30.0 Å². The summed E-state index contributed by atoms with van der Waals surface area (Å²) in [5.41, 5.74) is 7.99. The smallest absolute Gasteiger partial charge is 0.120 e. The van der Waals surface area contributed by atoms with Crippen molar-refractivity contribution in [2.75, 3.05) is 6.61 Å². The van der Waals surface area contributed by atoms with Gasteiger partial charge in [-0.25, -0.2) is 0 Å². The summed E-state index contributed by atoms with van der Waals surface area (Å²) in [4.78, 5) is 0. The van der Waals surface area contributed by atoms with Crippen molar-refractivity contribution in [2.45, 2.75) is 13.5 Å². The quantitative estimate of drug-likeness (QED) is 0.831. The average molecular weight is 204 g/mol. The van der Waals surface area contributed by atoms with Crippen LogP contribution in [-0.4, -0.2) is 11.2 Å². The number of hydrogen-bond acceptors (Lipinski definition) is 2. The summed E-state index contributed by atoms with van der Waals surface area (Å²) in [5.74, 6) is 0.916. The molecule has 2 rings (SSSR count). The van der Waals surface area contributed by atoms with E-state index >= 15 is 0 Å². The Hall–Kier alpha value is -1.48. The van der Waals surface area contributed by atoms with Crippen LogP contribution in [0.25, 0.3) is 10.9 Å². The number of rotatable bonds is 3. The number of aromatic nitrogens is 1. The summed E-state index contributed by atoms with van der Waals surface area (Å²) in [5, 5.41) is 1.18. The summed E-state index contributed by atoms with van der Waals surface area (Å²) in [6.07, 6.45) is 0. The molecule has 0 aliphatic rings. The molecule has 1 aromatic heterocycles. The van der Waals surface area contributed by atoms with E-state index in [0.29, 0.717) is 13.2 Å². The molecule has 0 fully saturated rings. The second-order valence-electron chi connectivity index (χ2n) is 3.55. The molecule has 0 unspecified atom stereocenters. The van der Waals surface area contributed by atoms with Crippen LogP contribution in [-0.2, 0) is 13.6 Å². The number of nitrogens with zero attached hydrogens (tertiary/aromatic N) is 1. The van der Waals surface area contributed by atoms with Crippen LogP contribution in [0, 0.1) is 0 Å². The van der Waals surface area contributed by atoms with Crippen LogP contribution in [0.1, 0.15) is 12.6 Å². The first-order valence-corrected chi connectivity index (χ1v) is 5.17. The van der Waals surface area contributed by atoms with Crippen molar-refractivity contribution >= 4 is 10.9 Å². The topological polar surface area (TPSA) is 40.2 Å². The van der Waals surface area contributed by atoms with Crippen molar-refractivity contribution in [2.24, 2.45) is 12.8 Å². The molecule has 80 valence electrons. The van der Waals surface area contributed by atoms with Crippen molar-refractivity contribution in [3.63, 3.8) is 0 Å². The van der Waals surface area contributed by atoms with Gasteiger partial charge in [-0.3, -0.25) is 0 Å². The van der Waals surface area contributed by atoms with E-state index in [2.05, 4.69) is 22.8 Å². The molecule has 3 heteroatoms. The summed E-state index contributed by atoms with van der Waals surface area (Å²) in [7, 11) is 2.03. The van der Waals surface area contributed by atoms with Gasteiger partial charge in [0.2, 0.25) is 0 Å². The van der Waals surface area contributed by atoms with E-state index in [0.717, 1.165) is 11.4 Å². The number of fused-ring (bicyclic) bond motifs is 1. The lowest BCUT2D eigenvalue weighted by Gasteiger charge is -2.03. The van der Waals surface area contributed by atoms with Gasteiger partial charge in [0.05, 0.1) is 6.61 Å². The molecule has 2 aromatic rings. The van der Waals surface area contributed by atoms with Gasteiger partial charge in [0, 0.05) is 30.2 Å². The van der Waals surface area contributed by atoms with Crippen molar-refractivity contribution in [1.82, 2.24) is 4.57 Å². The van der Waals surface area contributed by atoms with Gasteiger partial charge in [-0.15, -0.1) is 0 Å². The minimum Gasteiger partial charge on any atom is -0.494 e. The van der Waals surface area contributed by atoms with Gasteiger partial charge < -0.3 is 15.0 Å². The second kappa shape index (κ2) is 3.95. The van der Waals surface area contributed by atoms with E-state index in [4.69, 9.17) is 10.5 Å². The standard InChI is InChI=1S/C12H16N2O/c1-3-15-11-4-5-12-9(7-11)6-10(8-13)14(12)2/h4-7H,3,8,13H2,1-2H3. The Balaban J connectivity index is 2.53. The minimum absolute atomic E-state index is 0.565. The van der Waals surface area contributed by atoms with E-state index in [1.54, 1.807) is 0 Å². The van der Waals surface area contributed by atoms with E-state index in [1.165, 1.54) is 10.9 Å². The lowest BCUT2D eigenvalue weighted by atomic mass is 10.2. The first-order chi connectivity index (χ1) is 7.26. The molecular formula is C12H16N2O. The van der Waals surface area contributed by atoms with Crippen LogP contribution in [0.3, 0.4) is 0 Å². The first-order valence-electron chi connectivity index (χ1n) is 5.17. The molecule has 0 bridgehead atoms. The maximum absolute atomic E-state index is 5.66. The molecule has 0 saturated carbocycles. The molecule has 15 heavy (non-hydrogen) atoms. The van der Waals surface area contributed by atoms with E-state index in [-0.39, 0.29) is 0 Å². The zero-order chi connectivity index (χ0) is 10.8. The number of ether oxygens (including phenoxy) is 1. The summed E-state index contributed by atoms with van der Waals surface area (Å²) >= 11 is 0. The molecule has 0 spiro atoms. The molecule has 0 radical (unpaired) electrons. The molecule has 0 amide bonds. The van der Waals surface area contributed by atoms with Crippen LogP contribution in [0.15, 0.2) is 24.3 Å². The van der Waals surface area contributed by atoms with Crippen molar-refractivity contribution in [1.29, 1.82) is 0 Å². The van der Waals surface area contributed by atoms with Crippen LogP contribution >= 0.6 is 0 Å². The molecule has 1 heterocycles. The van der Waals surface area contributed by atoms with Gasteiger partial charge in [0.25, 0.3) is 0 Å². The molecule has 0 aliphatic carbocycles. The monoisotopic (exact) mass is 204 g/mol. The van der Waals surface area contributed by atoms with Gasteiger partial charge in [-0.05, 0) is 31.2 Å². The van der Waals surface area contributed by atoms with Gasteiger partial charge in [0.1, 0.15) is 5.75 Å². The molecule has 0 atom stereocenters. The molecular weight excluding hydrogens is 188 g/mol. The van der Waals surface area contributed by atoms with Gasteiger partial charge in [0.15, 0.2) is 0 Å². The average Bonchev–Trinajstić information content (AvgIpc) is 2.56. The Kier molecular flexibility index (Phi) is 2.64. The van der Waals surface area contributed by atoms with Crippen LogP contribution in [0.2, 0.25) is 0 Å². The predicted molar refractivity (Wildman–Crippen MR) is 62.0 cm³/mol. The fourth-order valence-electron chi connectivity index (χ4n) is 1.84. The van der Waals surface area contributed by atoms with Crippen LogP contribution in [0.4, 0.5) is 0 Å². The van der Waals surface area contributed by atoms with Crippen LogP contribution in [0.5, 0.6) is 5.75 Å². The predicted octanol–water partition coefficient (Wildman–Crippen LogP) is 2.04. The Morgan fingerprint density at radius 1 is 1.33 bits per heavy atom. The summed E-state index contributed by atoms with van der Waals surface area (Å²) in [6.45, 7) is 3.25. The van der Waals surface area contributed by atoms with E-state index in [1.807, 2.05) is 20.0 Å². The fourth-order valence-corrected chi connectivity index (χ4v) is 1.84. The molecule has 1 aromatic carbocycles. The van der Waals surface area contributed by atoms with Gasteiger partial charge >= 0.3 is 0 Å². The number of nitrogens with two attached hydrogens (primary N) is 1. The van der Waals surface area contributed by atoms with Crippen molar-refractivity contribution in [3.8, 4) is 5.75 Å². The normalized spacial score (nSPS) is 10.9. The highest BCUT2D eigenvalue weighted by Crippen LogP contribution is 2.23. The highest BCUT2D eigenvalue weighted by molar-refractivity contribution is 5.82. The number of benzene rings is 1. The lowest BCUT2D eigenvalue weighted by molar-refractivity contribution is 0.340. The third-order valence-corrected chi connectivity index (χ3v) is 2.63. The molecule has 0 aliphatic heterocycles. The summed E-state index contributed by atoms with van der Waals surface area (Å²) in [6, 6.07) is 8.22. The molecule has 2 N–H and O–H groups in total. The maximum atomic E-state index is 5.66.